The monoisotopic (exact) mass is 447 g/mol. The summed E-state index contributed by atoms with van der Waals surface area (Å²) in [6, 6.07) is 0.896. The summed E-state index contributed by atoms with van der Waals surface area (Å²) >= 11 is 0. The van der Waals surface area contributed by atoms with Crippen LogP contribution in [0.15, 0.2) is 17.1 Å². The van der Waals surface area contributed by atoms with Gasteiger partial charge in [-0.15, -0.1) is 0 Å². The molecule has 1 saturated heterocycles. The number of anilines is 1. The van der Waals surface area contributed by atoms with Gasteiger partial charge in [0.15, 0.2) is 11.6 Å². The zero-order valence-corrected chi connectivity index (χ0v) is 18.0. The zero-order valence-electron chi connectivity index (χ0n) is 18.0. The lowest BCUT2D eigenvalue weighted by Gasteiger charge is -2.41. The number of aliphatic hydroxyl groups excluding tert-OH is 1. The predicted octanol–water partition coefficient (Wildman–Crippen LogP) is 1.60. The van der Waals surface area contributed by atoms with E-state index in [1.807, 2.05) is 6.92 Å². The van der Waals surface area contributed by atoms with Crippen molar-refractivity contribution in [2.24, 2.45) is 0 Å². The van der Waals surface area contributed by atoms with Crippen molar-refractivity contribution < 1.29 is 28.9 Å². The first-order valence-corrected chi connectivity index (χ1v) is 10.6. The molecular weight excluding hydrogens is 421 g/mol. The van der Waals surface area contributed by atoms with Crippen molar-refractivity contribution in [2.45, 2.75) is 38.3 Å². The number of rotatable bonds is 6. The number of halogens is 1. The molecule has 4 rings (SSSR count). The van der Waals surface area contributed by atoms with Gasteiger partial charge >= 0.3 is 5.97 Å². The summed E-state index contributed by atoms with van der Waals surface area (Å²) in [6.45, 7) is 2.67. The third kappa shape index (κ3) is 3.68. The Bertz CT molecular complexity index is 1140. The van der Waals surface area contributed by atoms with Crippen LogP contribution in [0.1, 0.15) is 42.6 Å². The molecule has 172 valence electrons. The van der Waals surface area contributed by atoms with Gasteiger partial charge in [-0.05, 0) is 25.8 Å². The number of carbonyl (C=O) groups excluding carboxylic acids is 1. The molecule has 9 nitrogen and oxygen atoms in total. The maximum atomic E-state index is 15.4. The van der Waals surface area contributed by atoms with Crippen molar-refractivity contribution in [3.63, 3.8) is 0 Å². The Kier molecular flexibility index (Phi) is 5.81. The maximum absolute atomic E-state index is 15.4. The number of aromatic nitrogens is 1. The van der Waals surface area contributed by atoms with Crippen LogP contribution in [0.3, 0.4) is 0 Å². The number of nitrogens with zero attached hydrogens (tertiary/aromatic N) is 3. The first-order valence-electron chi connectivity index (χ1n) is 10.6. The number of amides is 1. The van der Waals surface area contributed by atoms with Crippen LogP contribution in [-0.2, 0) is 4.79 Å². The largest absolute Gasteiger partial charge is 0.492 e. The molecule has 1 unspecified atom stereocenters. The summed E-state index contributed by atoms with van der Waals surface area (Å²) in [5.41, 5.74) is -0.574. The van der Waals surface area contributed by atoms with Crippen molar-refractivity contribution >= 4 is 28.5 Å². The molecule has 2 aliphatic rings. The number of hydrogen-bond donors (Lipinski definition) is 2. The smallest absolute Gasteiger partial charge is 0.341 e. The number of carbonyl (C=O) groups is 2. The number of carboxylic acids is 1. The van der Waals surface area contributed by atoms with Crippen LogP contribution in [0, 0.1) is 5.82 Å². The molecule has 1 saturated carbocycles. The van der Waals surface area contributed by atoms with E-state index in [9.17, 15) is 19.5 Å². The fourth-order valence-electron chi connectivity index (χ4n) is 4.49. The van der Waals surface area contributed by atoms with E-state index >= 15 is 4.39 Å². The number of methoxy groups -OCH3 is 1. The minimum atomic E-state index is -1.35. The molecule has 0 spiro atoms. The molecule has 1 amide bonds. The lowest BCUT2D eigenvalue weighted by Crippen LogP contribution is -2.54. The van der Waals surface area contributed by atoms with E-state index in [0.29, 0.717) is 25.2 Å². The molecule has 2 heterocycles. The van der Waals surface area contributed by atoms with E-state index in [1.165, 1.54) is 13.3 Å². The second kappa shape index (κ2) is 8.42. The van der Waals surface area contributed by atoms with Crippen LogP contribution >= 0.6 is 0 Å². The van der Waals surface area contributed by atoms with Gasteiger partial charge in [0, 0.05) is 44.3 Å². The van der Waals surface area contributed by atoms with Crippen LogP contribution in [-0.4, -0.2) is 70.9 Å². The molecule has 1 aliphatic heterocycles. The lowest BCUT2D eigenvalue weighted by molar-refractivity contribution is -0.134. The lowest BCUT2D eigenvalue weighted by atomic mass is 10.1. The Morgan fingerprint density at radius 1 is 1.28 bits per heavy atom. The number of pyridine rings is 1. The minimum absolute atomic E-state index is 0.0234. The van der Waals surface area contributed by atoms with Gasteiger partial charge in [0.05, 0.1) is 24.6 Å². The summed E-state index contributed by atoms with van der Waals surface area (Å²) in [4.78, 5) is 40.1. The Hall–Kier alpha value is -3.14. The van der Waals surface area contributed by atoms with E-state index in [1.54, 1.807) is 14.4 Å². The Balaban J connectivity index is 1.83. The predicted molar refractivity (Wildman–Crippen MR) is 115 cm³/mol. The minimum Gasteiger partial charge on any atom is -0.492 e. The average molecular weight is 447 g/mol. The number of aliphatic hydroxyl groups is 1. The maximum Gasteiger partial charge on any atom is 0.341 e. The van der Waals surface area contributed by atoms with E-state index in [0.717, 1.165) is 18.9 Å². The van der Waals surface area contributed by atoms with Gasteiger partial charge in [-0.2, -0.15) is 0 Å². The van der Waals surface area contributed by atoms with Crippen molar-refractivity contribution in [1.82, 2.24) is 9.47 Å². The van der Waals surface area contributed by atoms with E-state index in [2.05, 4.69) is 0 Å². The number of ether oxygens (including phenoxy) is 1. The normalized spacial score (nSPS) is 18.8. The standard InChI is InChI=1S/C22H26FN3O6/c1-12-10-24(6-7-25(12)17(28)5-8-27)19-16(23)9-14-18(21(19)32-2)26(13-3-4-13)11-15(20(14)29)22(30)31/h9,11-13,27H,3-8,10H2,1-2H3,(H,30,31). The third-order valence-corrected chi connectivity index (χ3v) is 6.16. The van der Waals surface area contributed by atoms with Gasteiger partial charge in [0.2, 0.25) is 11.3 Å². The summed E-state index contributed by atoms with van der Waals surface area (Å²) in [5.74, 6) is -2.01. The summed E-state index contributed by atoms with van der Waals surface area (Å²) in [6.07, 6.45) is 3.02. The molecule has 1 aromatic carbocycles. The highest BCUT2D eigenvalue weighted by Crippen LogP contribution is 2.44. The van der Waals surface area contributed by atoms with Gasteiger partial charge < -0.3 is 29.3 Å². The molecule has 32 heavy (non-hydrogen) atoms. The van der Waals surface area contributed by atoms with Crippen molar-refractivity contribution in [3.8, 4) is 5.75 Å². The van der Waals surface area contributed by atoms with Gasteiger partial charge in [-0.1, -0.05) is 0 Å². The first-order chi connectivity index (χ1) is 15.3. The summed E-state index contributed by atoms with van der Waals surface area (Å²) < 4.78 is 22.7. The molecule has 1 atom stereocenters. The molecule has 2 N–H and O–H groups in total. The number of fused-ring (bicyclic) bond motifs is 1. The number of benzene rings is 1. The Morgan fingerprint density at radius 2 is 2.00 bits per heavy atom. The third-order valence-electron chi connectivity index (χ3n) is 6.16. The number of aromatic carboxylic acids is 1. The van der Waals surface area contributed by atoms with Crippen molar-refractivity contribution in [3.05, 3.63) is 33.9 Å². The van der Waals surface area contributed by atoms with E-state index < -0.39 is 22.8 Å². The molecule has 1 aliphatic carbocycles. The topological polar surface area (TPSA) is 112 Å². The highest BCUT2D eigenvalue weighted by atomic mass is 19.1. The van der Waals surface area contributed by atoms with Crippen LogP contribution < -0.4 is 15.1 Å². The Labute approximate surface area is 183 Å². The number of hydrogen-bond acceptors (Lipinski definition) is 6. The van der Waals surface area contributed by atoms with Crippen molar-refractivity contribution in [2.75, 3.05) is 38.3 Å². The van der Waals surface area contributed by atoms with Crippen LogP contribution in [0.4, 0.5) is 10.1 Å². The molecule has 2 aromatic rings. The highest BCUT2D eigenvalue weighted by Gasteiger charge is 2.34. The second-order valence-corrected chi connectivity index (χ2v) is 8.31. The van der Waals surface area contributed by atoms with Crippen LogP contribution in [0.5, 0.6) is 5.75 Å². The molecule has 0 radical (unpaired) electrons. The SMILES string of the molecule is COc1c(N2CCN(C(=O)CCO)C(C)C2)c(F)cc2c(=O)c(C(=O)O)cn(C3CC3)c12. The van der Waals surface area contributed by atoms with Crippen LogP contribution in [0.25, 0.3) is 10.9 Å². The highest BCUT2D eigenvalue weighted by molar-refractivity contribution is 5.97. The van der Waals surface area contributed by atoms with Crippen LogP contribution in [0.2, 0.25) is 0 Å². The second-order valence-electron chi connectivity index (χ2n) is 8.31. The number of carboxylic acid groups (broad SMARTS) is 1. The number of piperazine rings is 1. The molecule has 2 fully saturated rings. The summed E-state index contributed by atoms with van der Waals surface area (Å²) in [5, 5.41) is 18.5. The molecule has 1 aromatic heterocycles. The quantitative estimate of drug-likeness (QED) is 0.692. The molecule has 10 heteroatoms. The van der Waals surface area contributed by atoms with E-state index in [-0.39, 0.29) is 47.8 Å². The van der Waals surface area contributed by atoms with Crippen molar-refractivity contribution in [1.29, 1.82) is 0 Å². The molecule has 0 bridgehead atoms. The zero-order chi connectivity index (χ0) is 23.2. The summed E-state index contributed by atoms with van der Waals surface area (Å²) in [7, 11) is 1.40. The van der Waals surface area contributed by atoms with E-state index in [4.69, 9.17) is 9.84 Å². The first kappa shape index (κ1) is 22.1. The fourth-order valence-corrected chi connectivity index (χ4v) is 4.49. The molecular formula is C22H26FN3O6. The van der Waals surface area contributed by atoms with Gasteiger partial charge in [0.1, 0.15) is 11.3 Å². The van der Waals surface area contributed by atoms with Gasteiger partial charge in [-0.3, -0.25) is 9.59 Å². The fraction of sp³-hybridized carbons (Fsp3) is 0.500. The Morgan fingerprint density at radius 3 is 2.56 bits per heavy atom. The van der Waals surface area contributed by atoms with Gasteiger partial charge in [-0.25, -0.2) is 9.18 Å². The average Bonchev–Trinajstić information content (AvgIpc) is 3.58. The van der Waals surface area contributed by atoms with Gasteiger partial charge in [0.25, 0.3) is 0 Å².